The van der Waals surface area contributed by atoms with Gasteiger partial charge in [-0.25, -0.2) is 19.6 Å². The topological polar surface area (TPSA) is 180 Å². The SMILES string of the molecule is COC(=O)[C@H](Cc1cnc[nH]1)NC(=O)CNC(=O)[C@H](Cc1cnc[nH]1)NC(=O)OC(C)(C)C. The number of methoxy groups -OCH3 is 1. The van der Waals surface area contributed by atoms with E-state index >= 15 is 0 Å². The number of hydrogen-bond acceptors (Lipinski definition) is 8. The molecular weight excluding hydrogens is 434 g/mol. The van der Waals surface area contributed by atoms with Gasteiger partial charge in [0.1, 0.15) is 17.7 Å². The molecule has 2 aromatic rings. The summed E-state index contributed by atoms with van der Waals surface area (Å²) in [6.45, 7) is 4.66. The van der Waals surface area contributed by atoms with E-state index in [0.717, 1.165) is 0 Å². The van der Waals surface area contributed by atoms with Gasteiger partial charge in [-0.1, -0.05) is 0 Å². The zero-order valence-corrected chi connectivity index (χ0v) is 18.9. The van der Waals surface area contributed by atoms with Crippen LogP contribution in [0.4, 0.5) is 4.79 Å². The molecule has 2 atom stereocenters. The number of esters is 1. The van der Waals surface area contributed by atoms with E-state index in [1.165, 1.54) is 32.2 Å². The molecule has 2 aromatic heterocycles. The summed E-state index contributed by atoms with van der Waals surface area (Å²) in [6.07, 6.45) is 5.37. The lowest BCUT2D eigenvalue weighted by atomic mass is 10.1. The molecule has 0 aromatic carbocycles. The number of nitrogens with zero attached hydrogens (tertiary/aromatic N) is 2. The third kappa shape index (κ3) is 9.01. The van der Waals surface area contributed by atoms with E-state index < -0.39 is 48.1 Å². The number of carbonyl (C=O) groups excluding carboxylic acids is 4. The van der Waals surface area contributed by atoms with Crippen molar-refractivity contribution in [3.05, 3.63) is 36.4 Å². The molecule has 5 N–H and O–H groups in total. The Labute approximate surface area is 190 Å². The molecule has 0 fully saturated rings. The quantitative estimate of drug-likeness (QED) is 0.295. The molecule has 0 aliphatic rings. The van der Waals surface area contributed by atoms with Gasteiger partial charge in [-0.05, 0) is 20.8 Å². The van der Waals surface area contributed by atoms with Gasteiger partial charge in [-0.2, -0.15) is 0 Å². The van der Waals surface area contributed by atoms with Crippen molar-refractivity contribution in [2.24, 2.45) is 0 Å². The molecule has 3 amide bonds. The number of carbonyl (C=O) groups is 4. The van der Waals surface area contributed by atoms with Crippen LogP contribution in [0.1, 0.15) is 32.2 Å². The number of hydrogen-bond donors (Lipinski definition) is 5. The molecule has 0 spiro atoms. The highest BCUT2D eigenvalue weighted by Gasteiger charge is 2.27. The van der Waals surface area contributed by atoms with Crippen LogP contribution in [-0.4, -0.2) is 75.2 Å². The van der Waals surface area contributed by atoms with E-state index in [0.29, 0.717) is 11.4 Å². The molecule has 0 saturated heterocycles. The third-order valence-corrected chi connectivity index (χ3v) is 4.21. The number of aromatic nitrogens is 4. The lowest BCUT2D eigenvalue weighted by molar-refractivity contribution is -0.145. The number of ether oxygens (including phenoxy) is 2. The number of nitrogens with one attached hydrogen (secondary N) is 5. The molecule has 180 valence electrons. The first kappa shape index (κ1) is 25.4. The van der Waals surface area contributed by atoms with Crippen LogP contribution in [0.25, 0.3) is 0 Å². The van der Waals surface area contributed by atoms with Crippen LogP contribution in [0, 0.1) is 0 Å². The summed E-state index contributed by atoms with van der Waals surface area (Å²) in [5, 5.41) is 7.47. The predicted molar refractivity (Wildman–Crippen MR) is 115 cm³/mol. The normalized spacial score (nSPS) is 12.8. The smallest absolute Gasteiger partial charge is 0.408 e. The molecule has 0 saturated carbocycles. The lowest BCUT2D eigenvalue weighted by Gasteiger charge is -2.23. The Balaban J connectivity index is 1.96. The monoisotopic (exact) mass is 463 g/mol. The number of imidazole rings is 2. The third-order valence-electron chi connectivity index (χ3n) is 4.21. The van der Waals surface area contributed by atoms with Crippen molar-refractivity contribution in [1.29, 1.82) is 0 Å². The van der Waals surface area contributed by atoms with Crippen LogP contribution < -0.4 is 16.0 Å². The zero-order valence-electron chi connectivity index (χ0n) is 18.9. The minimum Gasteiger partial charge on any atom is -0.467 e. The van der Waals surface area contributed by atoms with Crippen LogP contribution in [0.2, 0.25) is 0 Å². The Morgan fingerprint density at radius 2 is 1.55 bits per heavy atom. The minimum absolute atomic E-state index is 0.0945. The fraction of sp³-hybridized carbons (Fsp3) is 0.500. The summed E-state index contributed by atoms with van der Waals surface area (Å²) in [4.78, 5) is 62.7. The van der Waals surface area contributed by atoms with Crippen molar-refractivity contribution < 1.29 is 28.7 Å². The Morgan fingerprint density at radius 1 is 0.970 bits per heavy atom. The second-order valence-electron chi connectivity index (χ2n) is 8.12. The maximum absolute atomic E-state index is 12.7. The molecule has 2 heterocycles. The van der Waals surface area contributed by atoms with Crippen molar-refractivity contribution in [3.63, 3.8) is 0 Å². The molecule has 0 bridgehead atoms. The highest BCUT2D eigenvalue weighted by Crippen LogP contribution is 2.08. The van der Waals surface area contributed by atoms with E-state index in [9.17, 15) is 19.2 Å². The van der Waals surface area contributed by atoms with E-state index in [1.54, 1.807) is 20.8 Å². The van der Waals surface area contributed by atoms with Gasteiger partial charge >= 0.3 is 12.1 Å². The van der Waals surface area contributed by atoms with Gasteiger partial charge in [0.15, 0.2) is 0 Å². The first-order chi connectivity index (χ1) is 15.6. The number of rotatable bonds is 10. The predicted octanol–water partition coefficient (Wildman–Crippen LogP) is -0.415. The van der Waals surface area contributed by atoms with Crippen molar-refractivity contribution >= 4 is 23.9 Å². The maximum Gasteiger partial charge on any atom is 0.408 e. The summed E-state index contributed by atoms with van der Waals surface area (Å²) in [5.41, 5.74) is 0.466. The molecule has 0 aliphatic carbocycles. The highest BCUT2D eigenvalue weighted by molar-refractivity contribution is 5.91. The van der Waals surface area contributed by atoms with Crippen molar-refractivity contribution in [2.75, 3.05) is 13.7 Å². The van der Waals surface area contributed by atoms with E-state index in [-0.39, 0.29) is 12.8 Å². The zero-order chi connectivity index (χ0) is 24.4. The summed E-state index contributed by atoms with van der Waals surface area (Å²) in [7, 11) is 1.21. The average molecular weight is 463 g/mol. The van der Waals surface area contributed by atoms with Gasteiger partial charge in [0.25, 0.3) is 0 Å². The molecule has 2 rings (SSSR count). The molecule has 0 aliphatic heterocycles. The summed E-state index contributed by atoms with van der Waals surface area (Å²) in [6, 6.07) is -2.00. The lowest BCUT2D eigenvalue weighted by Crippen LogP contribution is -2.52. The summed E-state index contributed by atoms with van der Waals surface area (Å²) in [5.74, 6) is -1.88. The van der Waals surface area contributed by atoms with Gasteiger partial charge in [0.2, 0.25) is 11.8 Å². The highest BCUT2D eigenvalue weighted by atomic mass is 16.6. The number of aromatic amines is 2. The van der Waals surface area contributed by atoms with E-state index in [4.69, 9.17) is 9.47 Å². The average Bonchev–Trinajstić information content (AvgIpc) is 3.43. The number of amides is 3. The van der Waals surface area contributed by atoms with Crippen molar-refractivity contribution in [3.8, 4) is 0 Å². The van der Waals surface area contributed by atoms with Crippen LogP contribution in [-0.2, 0) is 36.7 Å². The van der Waals surface area contributed by atoms with Crippen molar-refractivity contribution in [1.82, 2.24) is 35.9 Å². The van der Waals surface area contributed by atoms with E-state index in [2.05, 4.69) is 35.9 Å². The second kappa shape index (κ2) is 11.6. The van der Waals surface area contributed by atoms with Crippen molar-refractivity contribution in [2.45, 2.75) is 51.3 Å². The van der Waals surface area contributed by atoms with Gasteiger partial charge in [-0.3, -0.25) is 9.59 Å². The van der Waals surface area contributed by atoms with Gasteiger partial charge in [0, 0.05) is 36.6 Å². The van der Waals surface area contributed by atoms with Gasteiger partial charge in [-0.15, -0.1) is 0 Å². The molecule has 0 radical (unpaired) electrons. The Kier molecular flexibility index (Phi) is 8.95. The molecule has 13 nitrogen and oxygen atoms in total. The molecule has 0 unspecified atom stereocenters. The maximum atomic E-state index is 12.7. The largest absolute Gasteiger partial charge is 0.467 e. The molecule has 33 heavy (non-hydrogen) atoms. The Bertz CT molecular complexity index is 921. The summed E-state index contributed by atoms with van der Waals surface area (Å²) < 4.78 is 9.93. The molecule has 13 heteroatoms. The number of H-pyrrole nitrogens is 2. The number of alkyl carbamates (subject to hydrolysis) is 1. The Hall–Kier alpha value is -3.90. The Morgan fingerprint density at radius 3 is 2.03 bits per heavy atom. The first-order valence-electron chi connectivity index (χ1n) is 10.2. The van der Waals surface area contributed by atoms with E-state index in [1.807, 2.05) is 0 Å². The van der Waals surface area contributed by atoms with Crippen LogP contribution in [0.15, 0.2) is 25.0 Å². The van der Waals surface area contributed by atoms with Gasteiger partial charge < -0.3 is 35.4 Å². The van der Waals surface area contributed by atoms with Crippen LogP contribution in [0.5, 0.6) is 0 Å². The summed E-state index contributed by atoms with van der Waals surface area (Å²) >= 11 is 0. The molecular formula is C20H29N7O6. The van der Waals surface area contributed by atoms with Crippen LogP contribution >= 0.6 is 0 Å². The van der Waals surface area contributed by atoms with Gasteiger partial charge in [0.05, 0.1) is 26.3 Å². The first-order valence-corrected chi connectivity index (χ1v) is 10.2. The minimum atomic E-state index is -1.03. The fourth-order valence-corrected chi connectivity index (χ4v) is 2.76. The standard InChI is InChI=1S/C20H29N7O6/c1-20(2,3)33-19(31)27-14(5-12-7-21-10-24-12)17(29)23-9-16(28)26-15(18(30)32-4)6-13-8-22-11-25-13/h7-8,10-11,14-15H,5-6,9H2,1-4H3,(H,21,24)(H,22,25)(H,23,29)(H,26,28)(H,27,31)/t14-,15-/m0/s1. The second-order valence-corrected chi connectivity index (χ2v) is 8.12. The van der Waals surface area contributed by atoms with Crippen LogP contribution in [0.3, 0.4) is 0 Å². The fourth-order valence-electron chi connectivity index (χ4n) is 2.76.